The monoisotopic (exact) mass is 284 g/mol. The van der Waals surface area contributed by atoms with Crippen LogP contribution in [0.15, 0.2) is 24.3 Å². The van der Waals surface area contributed by atoms with Gasteiger partial charge in [-0.25, -0.2) is 4.79 Å². The number of amides is 1. The van der Waals surface area contributed by atoms with E-state index in [1.807, 2.05) is 18.2 Å². The van der Waals surface area contributed by atoms with E-state index in [9.17, 15) is 4.79 Å². The minimum atomic E-state index is -0.336. The smallest absolute Gasteiger partial charge is 0.410 e. The number of hydrogen-bond acceptors (Lipinski definition) is 3. The standard InChI is InChI=1S/C14H20N2O2.ClH/c1-16(2)14(17)18-13-5-3-4-12(10-13)11-6-8-15-9-7-11;/h3-5,10-11,15H,6-9H2,1-2H3;1H. The summed E-state index contributed by atoms with van der Waals surface area (Å²) >= 11 is 0. The van der Waals surface area contributed by atoms with Gasteiger partial charge in [-0.1, -0.05) is 12.1 Å². The van der Waals surface area contributed by atoms with E-state index < -0.39 is 0 Å². The third-order valence-corrected chi connectivity index (χ3v) is 3.24. The zero-order valence-electron chi connectivity index (χ0n) is 11.4. The Kier molecular flexibility index (Phi) is 6.12. The molecule has 0 unspecified atom stereocenters. The maximum absolute atomic E-state index is 11.5. The van der Waals surface area contributed by atoms with Crippen molar-refractivity contribution in [3.8, 4) is 5.75 Å². The fourth-order valence-corrected chi connectivity index (χ4v) is 2.18. The Morgan fingerprint density at radius 3 is 2.63 bits per heavy atom. The molecule has 0 atom stereocenters. The Labute approximate surface area is 120 Å². The van der Waals surface area contributed by atoms with Gasteiger partial charge in [-0.05, 0) is 49.5 Å². The van der Waals surface area contributed by atoms with Gasteiger partial charge in [0, 0.05) is 14.1 Å². The van der Waals surface area contributed by atoms with Crippen LogP contribution in [0, 0.1) is 0 Å². The Morgan fingerprint density at radius 1 is 1.32 bits per heavy atom. The molecule has 0 aliphatic carbocycles. The van der Waals surface area contributed by atoms with Gasteiger partial charge in [-0.2, -0.15) is 0 Å². The molecule has 1 aromatic carbocycles. The highest BCUT2D eigenvalue weighted by molar-refractivity contribution is 5.85. The first-order chi connectivity index (χ1) is 8.66. The molecule has 1 aliphatic heterocycles. The minimum Gasteiger partial charge on any atom is -0.410 e. The molecule has 1 fully saturated rings. The number of carbonyl (C=O) groups excluding carboxylic acids is 1. The SMILES string of the molecule is CN(C)C(=O)Oc1cccc(C2CCNCC2)c1.Cl. The second-order valence-electron chi connectivity index (χ2n) is 4.86. The molecular formula is C14H21ClN2O2. The number of ether oxygens (including phenoxy) is 1. The number of halogens is 1. The van der Waals surface area contributed by atoms with Gasteiger partial charge in [-0.15, -0.1) is 12.4 Å². The van der Waals surface area contributed by atoms with E-state index in [0.717, 1.165) is 25.9 Å². The zero-order valence-corrected chi connectivity index (χ0v) is 12.2. The highest BCUT2D eigenvalue weighted by Gasteiger charge is 2.16. The van der Waals surface area contributed by atoms with Gasteiger partial charge < -0.3 is 15.0 Å². The molecular weight excluding hydrogens is 264 g/mol. The van der Waals surface area contributed by atoms with Gasteiger partial charge in [0.15, 0.2) is 0 Å². The van der Waals surface area contributed by atoms with Gasteiger partial charge in [0.1, 0.15) is 5.75 Å². The first-order valence-electron chi connectivity index (χ1n) is 6.36. The average Bonchev–Trinajstić information content (AvgIpc) is 2.40. The molecule has 19 heavy (non-hydrogen) atoms. The zero-order chi connectivity index (χ0) is 13.0. The van der Waals surface area contributed by atoms with Crippen LogP contribution in [0.25, 0.3) is 0 Å². The van der Waals surface area contributed by atoms with Gasteiger partial charge >= 0.3 is 6.09 Å². The summed E-state index contributed by atoms with van der Waals surface area (Å²) in [5.41, 5.74) is 1.26. The maximum Gasteiger partial charge on any atom is 0.414 e. The summed E-state index contributed by atoms with van der Waals surface area (Å²) in [6, 6.07) is 7.88. The quantitative estimate of drug-likeness (QED) is 0.908. The molecule has 0 spiro atoms. The first-order valence-corrected chi connectivity index (χ1v) is 6.36. The number of piperidine rings is 1. The van der Waals surface area contributed by atoms with E-state index in [0.29, 0.717) is 11.7 Å². The van der Waals surface area contributed by atoms with Crippen molar-refractivity contribution in [3.05, 3.63) is 29.8 Å². The van der Waals surface area contributed by atoms with Crippen molar-refractivity contribution in [2.75, 3.05) is 27.2 Å². The largest absolute Gasteiger partial charge is 0.414 e. The van der Waals surface area contributed by atoms with Crippen molar-refractivity contribution in [1.82, 2.24) is 10.2 Å². The summed E-state index contributed by atoms with van der Waals surface area (Å²) in [6.45, 7) is 2.12. The number of rotatable bonds is 2. The second kappa shape index (κ2) is 7.36. The van der Waals surface area contributed by atoms with Crippen LogP contribution in [0.5, 0.6) is 5.75 Å². The normalized spacial score (nSPS) is 15.5. The van der Waals surface area contributed by atoms with Crippen molar-refractivity contribution in [3.63, 3.8) is 0 Å². The number of nitrogens with one attached hydrogen (secondary N) is 1. The Morgan fingerprint density at radius 2 is 2.00 bits per heavy atom. The topological polar surface area (TPSA) is 41.6 Å². The molecule has 1 N–H and O–H groups in total. The molecule has 0 radical (unpaired) electrons. The number of carbonyl (C=O) groups is 1. The number of nitrogens with zero attached hydrogens (tertiary/aromatic N) is 1. The summed E-state index contributed by atoms with van der Waals surface area (Å²) in [4.78, 5) is 12.9. The minimum absolute atomic E-state index is 0. The molecule has 1 aromatic rings. The predicted molar refractivity (Wildman–Crippen MR) is 78.2 cm³/mol. The van der Waals surface area contributed by atoms with Gasteiger partial charge in [-0.3, -0.25) is 0 Å². The van der Waals surface area contributed by atoms with Crippen LogP contribution in [0.4, 0.5) is 4.79 Å². The first kappa shape index (κ1) is 15.8. The van der Waals surface area contributed by atoms with E-state index in [2.05, 4.69) is 11.4 Å². The molecule has 1 heterocycles. The van der Waals surface area contributed by atoms with E-state index >= 15 is 0 Å². The van der Waals surface area contributed by atoms with Gasteiger partial charge in [0.05, 0.1) is 0 Å². The van der Waals surface area contributed by atoms with Crippen molar-refractivity contribution in [2.24, 2.45) is 0 Å². The van der Waals surface area contributed by atoms with Gasteiger partial charge in [0.25, 0.3) is 0 Å². The van der Waals surface area contributed by atoms with E-state index in [1.165, 1.54) is 10.5 Å². The van der Waals surface area contributed by atoms with Crippen LogP contribution >= 0.6 is 12.4 Å². The van der Waals surface area contributed by atoms with Crippen molar-refractivity contribution >= 4 is 18.5 Å². The third-order valence-electron chi connectivity index (χ3n) is 3.24. The summed E-state index contributed by atoms with van der Waals surface area (Å²) < 4.78 is 5.28. The van der Waals surface area contributed by atoms with Crippen LogP contribution in [-0.4, -0.2) is 38.2 Å². The van der Waals surface area contributed by atoms with E-state index in [-0.39, 0.29) is 18.5 Å². The van der Waals surface area contributed by atoms with Crippen LogP contribution in [-0.2, 0) is 0 Å². The van der Waals surface area contributed by atoms with Crippen molar-refractivity contribution in [2.45, 2.75) is 18.8 Å². The molecule has 1 aliphatic rings. The van der Waals surface area contributed by atoms with Crippen molar-refractivity contribution < 1.29 is 9.53 Å². The average molecular weight is 285 g/mol. The van der Waals surface area contributed by atoms with E-state index in [4.69, 9.17) is 4.74 Å². The van der Waals surface area contributed by atoms with Crippen LogP contribution < -0.4 is 10.1 Å². The molecule has 106 valence electrons. The lowest BCUT2D eigenvalue weighted by Crippen LogP contribution is -2.27. The summed E-state index contributed by atoms with van der Waals surface area (Å²) in [7, 11) is 3.36. The molecule has 0 aromatic heterocycles. The molecule has 4 nitrogen and oxygen atoms in total. The summed E-state index contributed by atoms with van der Waals surface area (Å²) in [5, 5.41) is 3.35. The fourth-order valence-electron chi connectivity index (χ4n) is 2.18. The van der Waals surface area contributed by atoms with Crippen LogP contribution in [0.2, 0.25) is 0 Å². The highest BCUT2D eigenvalue weighted by Crippen LogP contribution is 2.27. The number of hydrogen-bond donors (Lipinski definition) is 1. The molecule has 0 bridgehead atoms. The summed E-state index contributed by atoms with van der Waals surface area (Å²) in [5.74, 6) is 1.20. The number of benzene rings is 1. The Bertz CT molecular complexity index is 418. The maximum atomic E-state index is 11.5. The lowest BCUT2D eigenvalue weighted by molar-refractivity contribution is 0.172. The molecule has 5 heteroatoms. The Balaban J connectivity index is 0.00000180. The fraction of sp³-hybridized carbons (Fsp3) is 0.500. The lowest BCUT2D eigenvalue weighted by Gasteiger charge is -2.23. The Hall–Kier alpha value is -1.26. The van der Waals surface area contributed by atoms with Crippen LogP contribution in [0.1, 0.15) is 24.3 Å². The molecule has 1 amide bonds. The molecule has 2 rings (SSSR count). The predicted octanol–water partition coefficient (Wildman–Crippen LogP) is 2.64. The molecule has 1 saturated heterocycles. The second-order valence-corrected chi connectivity index (χ2v) is 4.86. The third kappa shape index (κ3) is 4.40. The lowest BCUT2D eigenvalue weighted by atomic mass is 9.90. The van der Waals surface area contributed by atoms with Gasteiger partial charge in [0.2, 0.25) is 0 Å². The molecule has 0 saturated carbocycles. The van der Waals surface area contributed by atoms with Crippen molar-refractivity contribution in [1.29, 1.82) is 0 Å². The van der Waals surface area contributed by atoms with E-state index in [1.54, 1.807) is 14.1 Å². The van der Waals surface area contributed by atoms with Crippen LogP contribution in [0.3, 0.4) is 0 Å². The summed E-state index contributed by atoms with van der Waals surface area (Å²) in [6.07, 6.45) is 1.95. The highest BCUT2D eigenvalue weighted by atomic mass is 35.5.